The number of imidazole rings is 1. The molecule has 1 N–H and O–H groups in total. The van der Waals surface area contributed by atoms with Crippen LogP contribution in [0.1, 0.15) is 11.3 Å². The zero-order chi connectivity index (χ0) is 17.1. The van der Waals surface area contributed by atoms with Crippen molar-refractivity contribution in [2.45, 2.75) is 0 Å². The highest BCUT2D eigenvalue weighted by Gasteiger charge is 2.11. The van der Waals surface area contributed by atoms with Gasteiger partial charge in [0.05, 0.1) is 5.02 Å². The lowest BCUT2D eigenvalue weighted by molar-refractivity contribution is 1.18. The summed E-state index contributed by atoms with van der Waals surface area (Å²) in [6.45, 7) is 0. The van der Waals surface area contributed by atoms with E-state index in [1.165, 1.54) is 0 Å². The number of rotatable bonds is 2. The molecule has 0 unspecified atom stereocenters. The Balaban J connectivity index is 1.83. The highest BCUT2D eigenvalue weighted by atomic mass is 35.5. The second-order valence-corrected chi connectivity index (χ2v) is 5.93. The zero-order valence-corrected chi connectivity index (χ0v) is 14.0. The first kappa shape index (κ1) is 15.3. The Morgan fingerprint density at radius 3 is 2.32 bits per heavy atom. The van der Waals surface area contributed by atoms with Crippen molar-refractivity contribution in [3.63, 3.8) is 0 Å². The van der Waals surface area contributed by atoms with E-state index in [1.807, 2.05) is 83.4 Å². The van der Waals surface area contributed by atoms with Crippen LogP contribution < -0.4 is 5.32 Å². The number of benzene rings is 2. The average Bonchev–Trinajstić information content (AvgIpc) is 2.99. The van der Waals surface area contributed by atoms with Gasteiger partial charge in [-0.2, -0.15) is 0 Å². The van der Waals surface area contributed by atoms with E-state index in [-0.39, 0.29) is 0 Å². The van der Waals surface area contributed by atoms with E-state index in [9.17, 15) is 0 Å². The summed E-state index contributed by atoms with van der Waals surface area (Å²) in [5, 5.41) is 4.04. The second kappa shape index (κ2) is 6.72. The number of hydrogen-bond donors (Lipinski definition) is 1. The quantitative estimate of drug-likeness (QED) is 0.511. The molecule has 0 bridgehead atoms. The number of fused-ring (bicyclic) bond motifs is 1. The monoisotopic (exact) mass is 343 g/mol. The maximum absolute atomic E-state index is 6.16. The Bertz CT molecular complexity index is 1070. The number of anilines is 2. The Hall–Kier alpha value is -3.22. The molecule has 0 fully saturated rings. The van der Waals surface area contributed by atoms with E-state index in [0.717, 1.165) is 22.7 Å². The van der Waals surface area contributed by atoms with Crippen molar-refractivity contribution < 1.29 is 0 Å². The zero-order valence-electron chi connectivity index (χ0n) is 13.3. The van der Waals surface area contributed by atoms with E-state index in [1.54, 1.807) is 0 Å². The number of hydrogen-bond acceptors (Lipinski definition) is 2. The first-order valence-corrected chi connectivity index (χ1v) is 8.24. The Morgan fingerprint density at radius 2 is 1.56 bits per heavy atom. The maximum Gasteiger partial charge on any atom is 0.157 e. The van der Waals surface area contributed by atoms with Crippen LogP contribution in [-0.4, -0.2) is 9.38 Å². The molecule has 4 heteroatoms. The Labute approximate surface area is 150 Å². The smallest absolute Gasteiger partial charge is 0.157 e. The third-order valence-corrected chi connectivity index (χ3v) is 3.94. The van der Waals surface area contributed by atoms with Crippen LogP contribution in [0.4, 0.5) is 11.5 Å². The predicted octanol–water partition coefficient (Wildman–Crippen LogP) is 5.13. The van der Waals surface area contributed by atoms with Gasteiger partial charge >= 0.3 is 0 Å². The van der Waals surface area contributed by atoms with Gasteiger partial charge in [-0.05, 0) is 42.3 Å². The van der Waals surface area contributed by atoms with Crippen molar-refractivity contribution >= 4 is 28.8 Å². The number of nitrogens with zero attached hydrogens (tertiary/aromatic N) is 2. The van der Waals surface area contributed by atoms with Gasteiger partial charge in [-0.3, -0.25) is 4.40 Å². The molecular formula is C21H14ClN3. The van der Waals surface area contributed by atoms with Crippen LogP contribution in [0.25, 0.3) is 5.65 Å². The molecule has 0 aliphatic heterocycles. The fraction of sp³-hybridized carbons (Fsp3) is 0. The molecule has 4 rings (SSSR count). The summed E-state index contributed by atoms with van der Waals surface area (Å²) in [6.07, 6.45) is 1.84. The number of pyridine rings is 1. The van der Waals surface area contributed by atoms with E-state index in [2.05, 4.69) is 22.1 Å². The van der Waals surface area contributed by atoms with E-state index in [0.29, 0.717) is 10.7 Å². The van der Waals surface area contributed by atoms with Gasteiger partial charge in [-0.15, -0.1) is 0 Å². The van der Waals surface area contributed by atoms with Gasteiger partial charge in [0.2, 0.25) is 0 Å². The van der Waals surface area contributed by atoms with Crippen LogP contribution in [0, 0.1) is 11.8 Å². The summed E-state index contributed by atoms with van der Waals surface area (Å²) < 4.78 is 1.92. The minimum atomic E-state index is 0.642. The molecule has 4 aromatic rings. The van der Waals surface area contributed by atoms with Crippen molar-refractivity contribution in [3.05, 3.63) is 95.3 Å². The second-order valence-electron chi connectivity index (χ2n) is 5.49. The third kappa shape index (κ3) is 3.35. The number of aromatic nitrogens is 2. The molecule has 0 spiro atoms. The van der Waals surface area contributed by atoms with E-state index >= 15 is 0 Å². The molecule has 2 aromatic carbocycles. The van der Waals surface area contributed by atoms with E-state index in [4.69, 9.17) is 11.6 Å². The lowest BCUT2D eigenvalue weighted by atomic mass is 10.2. The van der Waals surface area contributed by atoms with Crippen LogP contribution in [0.5, 0.6) is 0 Å². The maximum atomic E-state index is 6.16. The van der Waals surface area contributed by atoms with Crippen molar-refractivity contribution in [1.29, 1.82) is 0 Å². The number of halogens is 1. The van der Waals surface area contributed by atoms with Crippen molar-refractivity contribution in [3.8, 4) is 11.8 Å². The van der Waals surface area contributed by atoms with Gasteiger partial charge in [-0.25, -0.2) is 4.98 Å². The van der Waals surface area contributed by atoms with Crippen molar-refractivity contribution in [2.75, 3.05) is 5.32 Å². The number of nitrogens with one attached hydrogen (secondary N) is 1. The molecule has 120 valence electrons. The Morgan fingerprint density at radius 1 is 0.840 bits per heavy atom. The Kier molecular flexibility index (Phi) is 4.12. The van der Waals surface area contributed by atoms with Crippen molar-refractivity contribution in [1.82, 2.24) is 9.38 Å². The highest BCUT2D eigenvalue weighted by Crippen LogP contribution is 2.24. The molecule has 0 aliphatic rings. The summed E-state index contributed by atoms with van der Waals surface area (Å²) >= 11 is 6.16. The summed E-state index contributed by atoms with van der Waals surface area (Å²) in [5.41, 5.74) is 3.38. The van der Waals surface area contributed by atoms with Gasteiger partial charge in [0, 0.05) is 17.4 Å². The lowest BCUT2D eigenvalue weighted by Gasteiger charge is -2.06. The van der Waals surface area contributed by atoms with E-state index < -0.39 is 0 Å². The topological polar surface area (TPSA) is 29.3 Å². The summed E-state index contributed by atoms with van der Waals surface area (Å²) in [6, 6.07) is 23.5. The minimum Gasteiger partial charge on any atom is -0.339 e. The predicted molar refractivity (Wildman–Crippen MR) is 102 cm³/mol. The first-order chi connectivity index (χ1) is 12.3. The van der Waals surface area contributed by atoms with Gasteiger partial charge in [0.1, 0.15) is 5.65 Å². The molecule has 0 saturated heterocycles. The molecular weight excluding hydrogens is 330 g/mol. The van der Waals surface area contributed by atoms with Gasteiger partial charge < -0.3 is 5.32 Å². The summed E-state index contributed by atoms with van der Waals surface area (Å²) in [5.74, 6) is 7.13. The van der Waals surface area contributed by atoms with Gasteiger partial charge in [0.25, 0.3) is 0 Å². The van der Waals surface area contributed by atoms with Crippen LogP contribution in [0.2, 0.25) is 5.02 Å². The van der Waals surface area contributed by atoms with Crippen LogP contribution >= 0.6 is 11.6 Å². The lowest BCUT2D eigenvalue weighted by Crippen LogP contribution is -1.97. The average molecular weight is 344 g/mol. The fourth-order valence-corrected chi connectivity index (χ4v) is 2.70. The van der Waals surface area contributed by atoms with Gasteiger partial charge in [0.15, 0.2) is 11.5 Å². The fourth-order valence-electron chi connectivity index (χ4n) is 2.54. The third-order valence-electron chi connectivity index (χ3n) is 3.72. The molecule has 0 atom stereocenters. The molecule has 0 radical (unpaired) electrons. The standard InChI is InChI=1S/C21H14ClN3/c22-17-12-14-20-24-19(13-11-16-7-3-1-4-8-16)21(25(20)15-17)23-18-9-5-2-6-10-18/h1-10,12,14-15,23H. The largest absolute Gasteiger partial charge is 0.339 e. The highest BCUT2D eigenvalue weighted by molar-refractivity contribution is 6.30. The van der Waals surface area contributed by atoms with Crippen molar-refractivity contribution in [2.24, 2.45) is 0 Å². The minimum absolute atomic E-state index is 0.642. The molecule has 25 heavy (non-hydrogen) atoms. The molecule has 0 saturated carbocycles. The first-order valence-electron chi connectivity index (χ1n) is 7.86. The molecule has 0 amide bonds. The summed E-state index contributed by atoms with van der Waals surface area (Å²) in [4.78, 5) is 4.63. The number of para-hydroxylation sites is 1. The van der Waals surface area contributed by atoms with Gasteiger partial charge in [-0.1, -0.05) is 53.9 Å². The van der Waals surface area contributed by atoms with Crippen LogP contribution in [0.3, 0.4) is 0 Å². The van der Waals surface area contributed by atoms with Crippen LogP contribution in [-0.2, 0) is 0 Å². The molecule has 3 nitrogen and oxygen atoms in total. The van der Waals surface area contributed by atoms with Crippen LogP contribution in [0.15, 0.2) is 79.0 Å². The summed E-state index contributed by atoms with van der Waals surface area (Å²) in [7, 11) is 0. The normalized spacial score (nSPS) is 10.3. The molecule has 2 heterocycles. The molecule has 0 aliphatic carbocycles. The SMILES string of the molecule is Clc1ccc2nc(C#Cc3ccccc3)c(Nc3ccccc3)n2c1. The molecule has 2 aromatic heterocycles.